The largest absolute Gasteiger partial charge is 0.240 e. The van der Waals surface area contributed by atoms with Crippen molar-refractivity contribution >= 4 is 10.0 Å². The average molecular weight is 225 g/mol. The van der Waals surface area contributed by atoms with Gasteiger partial charge in [-0.2, -0.15) is 0 Å². The van der Waals surface area contributed by atoms with E-state index in [0.29, 0.717) is 17.9 Å². The maximum absolute atomic E-state index is 11.7. The number of rotatable bonds is 5. The Morgan fingerprint density at radius 3 is 2.80 bits per heavy atom. The lowest BCUT2D eigenvalue weighted by molar-refractivity contribution is 0.582. The van der Waals surface area contributed by atoms with Gasteiger partial charge >= 0.3 is 0 Å². The third-order valence-corrected chi connectivity index (χ3v) is 3.40. The molecule has 0 atom stereocenters. The van der Waals surface area contributed by atoms with Gasteiger partial charge in [0.05, 0.1) is 4.90 Å². The van der Waals surface area contributed by atoms with Crippen molar-refractivity contribution in [1.29, 1.82) is 0 Å². The maximum Gasteiger partial charge on any atom is 0.240 e. The van der Waals surface area contributed by atoms with Crippen LogP contribution in [0, 0.1) is 6.92 Å². The molecule has 0 saturated heterocycles. The second-order valence-corrected chi connectivity index (χ2v) is 5.06. The quantitative estimate of drug-likeness (QED) is 0.614. The van der Waals surface area contributed by atoms with Crippen molar-refractivity contribution < 1.29 is 8.42 Å². The molecule has 0 fully saturated rings. The first kappa shape index (κ1) is 11.9. The molecule has 0 unspecified atom stereocenters. The van der Waals surface area contributed by atoms with Gasteiger partial charge in [-0.15, -0.1) is 6.58 Å². The number of hydrogen-bond donors (Lipinski definition) is 1. The van der Waals surface area contributed by atoms with Crippen LogP contribution in [0.3, 0.4) is 0 Å². The molecule has 0 aromatic heterocycles. The Bertz CT molecular complexity index is 438. The third-order valence-electron chi connectivity index (χ3n) is 1.94. The van der Waals surface area contributed by atoms with E-state index in [9.17, 15) is 8.42 Å². The van der Waals surface area contributed by atoms with Crippen LogP contribution in [0.15, 0.2) is 41.8 Å². The van der Waals surface area contributed by atoms with Crippen LogP contribution in [-0.2, 0) is 10.0 Å². The zero-order chi connectivity index (χ0) is 11.3. The van der Waals surface area contributed by atoms with Gasteiger partial charge in [-0.3, -0.25) is 0 Å². The van der Waals surface area contributed by atoms with E-state index in [1.54, 1.807) is 24.3 Å². The van der Waals surface area contributed by atoms with E-state index in [0.717, 1.165) is 5.56 Å². The zero-order valence-corrected chi connectivity index (χ0v) is 9.55. The highest BCUT2D eigenvalue weighted by molar-refractivity contribution is 7.89. The molecule has 1 rings (SSSR count). The molecule has 4 heteroatoms. The fourth-order valence-corrected chi connectivity index (χ4v) is 2.31. The summed E-state index contributed by atoms with van der Waals surface area (Å²) in [6, 6.07) is 6.83. The van der Waals surface area contributed by atoms with E-state index >= 15 is 0 Å². The van der Waals surface area contributed by atoms with Crippen LogP contribution in [0.4, 0.5) is 0 Å². The predicted molar refractivity (Wildman–Crippen MR) is 61.2 cm³/mol. The Hall–Kier alpha value is -1.13. The molecule has 0 heterocycles. The monoisotopic (exact) mass is 225 g/mol. The lowest BCUT2D eigenvalue weighted by Gasteiger charge is -2.05. The summed E-state index contributed by atoms with van der Waals surface area (Å²) in [5, 5.41) is 0. The number of benzene rings is 1. The van der Waals surface area contributed by atoms with Gasteiger partial charge < -0.3 is 0 Å². The SMILES string of the molecule is C=CCCNS(=O)(=O)c1cccc(C)c1. The molecule has 82 valence electrons. The first-order valence-corrected chi connectivity index (χ1v) is 6.22. The summed E-state index contributed by atoms with van der Waals surface area (Å²) in [5.41, 5.74) is 0.932. The minimum Gasteiger partial charge on any atom is -0.211 e. The Balaban J connectivity index is 2.82. The molecule has 0 aliphatic carbocycles. The van der Waals surface area contributed by atoms with E-state index in [2.05, 4.69) is 11.3 Å². The molecule has 0 aliphatic heterocycles. The molecule has 1 N–H and O–H groups in total. The lowest BCUT2D eigenvalue weighted by atomic mass is 10.2. The van der Waals surface area contributed by atoms with Gasteiger partial charge in [0, 0.05) is 6.54 Å². The van der Waals surface area contributed by atoms with Crippen LogP contribution in [0.1, 0.15) is 12.0 Å². The van der Waals surface area contributed by atoms with Crippen molar-refractivity contribution in [3.63, 3.8) is 0 Å². The van der Waals surface area contributed by atoms with Gasteiger partial charge in [-0.1, -0.05) is 18.2 Å². The second kappa shape index (κ2) is 5.09. The molecule has 0 spiro atoms. The summed E-state index contributed by atoms with van der Waals surface area (Å²) in [6.07, 6.45) is 2.31. The van der Waals surface area contributed by atoms with Gasteiger partial charge in [0.1, 0.15) is 0 Å². The van der Waals surface area contributed by atoms with Crippen molar-refractivity contribution in [1.82, 2.24) is 4.72 Å². The van der Waals surface area contributed by atoms with Gasteiger partial charge in [-0.05, 0) is 31.0 Å². The molecule has 0 amide bonds. The molecule has 0 radical (unpaired) electrons. The smallest absolute Gasteiger partial charge is 0.211 e. The number of aryl methyl sites for hydroxylation is 1. The van der Waals surface area contributed by atoms with Crippen molar-refractivity contribution in [2.45, 2.75) is 18.2 Å². The third kappa shape index (κ3) is 3.49. The zero-order valence-electron chi connectivity index (χ0n) is 8.73. The number of hydrogen-bond acceptors (Lipinski definition) is 2. The second-order valence-electron chi connectivity index (χ2n) is 3.29. The topological polar surface area (TPSA) is 46.2 Å². The molecule has 0 bridgehead atoms. The predicted octanol–water partition coefficient (Wildman–Crippen LogP) is 1.85. The van der Waals surface area contributed by atoms with Crippen LogP contribution < -0.4 is 4.72 Å². The van der Waals surface area contributed by atoms with Crippen LogP contribution in [0.25, 0.3) is 0 Å². The lowest BCUT2D eigenvalue weighted by Crippen LogP contribution is -2.24. The van der Waals surface area contributed by atoms with Gasteiger partial charge in [0.2, 0.25) is 10.0 Å². The normalized spacial score (nSPS) is 11.3. The first-order valence-electron chi connectivity index (χ1n) is 4.73. The van der Waals surface area contributed by atoms with E-state index < -0.39 is 10.0 Å². The van der Waals surface area contributed by atoms with E-state index in [-0.39, 0.29) is 0 Å². The molecular weight excluding hydrogens is 210 g/mol. The standard InChI is InChI=1S/C11H15NO2S/c1-3-4-8-12-15(13,14)11-7-5-6-10(2)9-11/h3,5-7,9,12H,1,4,8H2,2H3. The molecule has 15 heavy (non-hydrogen) atoms. The summed E-state index contributed by atoms with van der Waals surface area (Å²) in [6.45, 7) is 5.78. The Morgan fingerprint density at radius 2 is 2.20 bits per heavy atom. The summed E-state index contributed by atoms with van der Waals surface area (Å²) >= 11 is 0. The first-order chi connectivity index (χ1) is 7.06. The molecule has 0 saturated carbocycles. The van der Waals surface area contributed by atoms with E-state index in [1.807, 2.05) is 13.0 Å². The van der Waals surface area contributed by atoms with Crippen LogP contribution in [0.5, 0.6) is 0 Å². The average Bonchev–Trinajstić information content (AvgIpc) is 2.18. The number of sulfonamides is 1. The minimum atomic E-state index is -3.35. The summed E-state index contributed by atoms with van der Waals surface area (Å²) in [5.74, 6) is 0. The van der Waals surface area contributed by atoms with E-state index in [4.69, 9.17) is 0 Å². The van der Waals surface area contributed by atoms with Crippen LogP contribution in [-0.4, -0.2) is 15.0 Å². The highest BCUT2D eigenvalue weighted by Crippen LogP contribution is 2.10. The maximum atomic E-state index is 11.7. The van der Waals surface area contributed by atoms with Crippen molar-refractivity contribution in [2.24, 2.45) is 0 Å². The molecule has 1 aromatic rings. The Kier molecular flexibility index (Phi) is 4.05. The Labute approximate surface area is 90.9 Å². The van der Waals surface area contributed by atoms with Crippen molar-refractivity contribution in [2.75, 3.05) is 6.54 Å². The van der Waals surface area contributed by atoms with Crippen molar-refractivity contribution in [3.8, 4) is 0 Å². The van der Waals surface area contributed by atoms with Gasteiger partial charge in [0.15, 0.2) is 0 Å². The van der Waals surface area contributed by atoms with Crippen LogP contribution >= 0.6 is 0 Å². The minimum absolute atomic E-state index is 0.312. The molecule has 1 aromatic carbocycles. The molecule has 0 aliphatic rings. The molecular formula is C11H15NO2S. The van der Waals surface area contributed by atoms with Gasteiger partial charge in [-0.25, -0.2) is 13.1 Å². The Morgan fingerprint density at radius 1 is 1.47 bits per heavy atom. The summed E-state index contributed by atoms with van der Waals surface area (Å²) in [4.78, 5) is 0.312. The highest BCUT2D eigenvalue weighted by Gasteiger charge is 2.12. The van der Waals surface area contributed by atoms with E-state index in [1.165, 1.54) is 0 Å². The summed E-state index contributed by atoms with van der Waals surface area (Å²) < 4.78 is 25.9. The molecule has 3 nitrogen and oxygen atoms in total. The van der Waals surface area contributed by atoms with Crippen LogP contribution in [0.2, 0.25) is 0 Å². The van der Waals surface area contributed by atoms with Crippen molar-refractivity contribution in [3.05, 3.63) is 42.5 Å². The number of nitrogens with one attached hydrogen (secondary N) is 1. The summed E-state index contributed by atoms with van der Waals surface area (Å²) in [7, 11) is -3.35. The fraction of sp³-hybridized carbons (Fsp3) is 0.273. The van der Waals surface area contributed by atoms with Gasteiger partial charge in [0.25, 0.3) is 0 Å². The highest BCUT2D eigenvalue weighted by atomic mass is 32.2. The fourth-order valence-electron chi connectivity index (χ4n) is 1.16.